The van der Waals surface area contributed by atoms with Gasteiger partial charge in [-0.2, -0.15) is 13.2 Å². The van der Waals surface area contributed by atoms with Crippen molar-refractivity contribution in [2.45, 2.75) is 45.3 Å². The number of carbonyl (C=O) groups is 1. The monoisotopic (exact) mass is 296 g/mol. The second-order valence-corrected chi connectivity index (χ2v) is 5.20. The molecule has 0 bridgehead atoms. The lowest BCUT2D eigenvalue weighted by Gasteiger charge is -2.38. The van der Waals surface area contributed by atoms with Crippen LogP contribution in [0.3, 0.4) is 0 Å². The summed E-state index contributed by atoms with van der Waals surface area (Å²) in [7, 11) is 0. The molecule has 0 aliphatic carbocycles. The number of nitrogens with one attached hydrogen (secondary N) is 1. The fourth-order valence-corrected chi connectivity index (χ4v) is 2.80. The first kappa shape index (κ1) is 17.2. The van der Waals surface area contributed by atoms with Crippen molar-refractivity contribution in [1.29, 1.82) is 0 Å². The molecule has 0 saturated carbocycles. The van der Waals surface area contributed by atoms with Crippen LogP contribution in [0, 0.1) is 5.41 Å². The van der Waals surface area contributed by atoms with E-state index < -0.39 is 17.5 Å². The molecule has 1 unspecified atom stereocenters. The number of carbonyl (C=O) groups excluding carboxylic acids is 1. The van der Waals surface area contributed by atoms with Gasteiger partial charge in [0.1, 0.15) is 0 Å². The average molecular weight is 296 g/mol. The summed E-state index contributed by atoms with van der Waals surface area (Å²) in [5.41, 5.74) is -2.34. The van der Waals surface area contributed by atoms with Gasteiger partial charge in [0.05, 0.1) is 6.61 Å². The Bertz CT molecular complexity index is 324. The van der Waals surface area contributed by atoms with Crippen LogP contribution in [0.25, 0.3) is 0 Å². The van der Waals surface area contributed by atoms with E-state index in [0.29, 0.717) is 12.8 Å². The summed E-state index contributed by atoms with van der Waals surface area (Å²) in [4.78, 5) is 13.7. The number of amides is 1. The lowest BCUT2D eigenvalue weighted by Crippen LogP contribution is -2.56. The van der Waals surface area contributed by atoms with Crippen molar-refractivity contribution in [3.05, 3.63) is 0 Å². The molecular formula is C13H23F3N2O2. The molecule has 0 aromatic rings. The molecule has 1 aliphatic rings. The highest BCUT2D eigenvalue weighted by atomic mass is 19.4. The molecular weight excluding hydrogens is 273 g/mol. The minimum absolute atomic E-state index is 0.0526. The van der Waals surface area contributed by atoms with E-state index in [-0.39, 0.29) is 38.7 Å². The van der Waals surface area contributed by atoms with Crippen molar-refractivity contribution < 1.29 is 23.1 Å². The first-order chi connectivity index (χ1) is 9.34. The van der Waals surface area contributed by atoms with Crippen molar-refractivity contribution in [3.8, 4) is 0 Å². The molecule has 0 aromatic carbocycles. The van der Waals surface area contributed by atoms with Crippen LogP contribution in [0.1, 0.15) is 33.1 Å². The zero-order valence-electron chi connectivity index (χ0n) is 12.0. The van der Waals surface area contributed by atoms with Gasteiger partial charge in [-0.05, 0) is 25.8 Å². The van der Waals surface area contributed by atoms with Gasteiger partial charge in [0.25, 0.3) is 0 Å². The maximum Gasteiger partial charge on any atom is 0.404 e. The highest BCUT2D eigenvalue weighted by molar-refractivity contribution is 5.84. The van der Waals surface area contributed by atoms with E-state index in [0.717, 1.165) is 0 Å². The van der Waals surface area contributed by atoms with Gasteiger partial charge >= 0.3 is 6.18 Å². The highest BCUT2D eigenvalue weighted by Gasteiger charge is 2.62. The maximum atomic E-state index is 13.4. The number of nitrogens with zero attached hydrogens (tertiary/aromatic N) is 1. The first-order valence-electron chi connectivity index (χ1n) is 7.03. The summed E-state index contributed by atoms with van der Waals surface area (Å²) in [6.45, 7) is 3.09. The van der Waals surface area contributed by atoms with Crippen LogP contribution < -0.4 is 5.32 Å². The molecule has 2 N–H and O–H groups in total. The number of halogens is 3. The number of aliphatic hydroxyl groups is 1. The van der Waals surface area contributed by atoms with Crippen LogP contribution in [0.2, 0.25) is 0 Å². The summed E-state index contributed by atoms with van der Waals surface area (Å²) in [5.74, 6) is -0.905. The van der Waals surface area contributed by atoms with E-state index in [1.807, 2.05) is 13.8 Å². The first-order valence-corrected chi connectivity index (χ1v) is 7.03. The van der Waals surface area contributed by atoms with Crippen molar-refractivity contribution >= 4 is 5.91 Å². The van der Waals surface area contributed by atoms with Crippen LogP contribution in [-0.2, 0) is 4.79 Å². The molecule has 1 saturated heterocycles. The SMILES string of the molecule is CCC(CC)N(CCO)C(=O)C1(C(F)(F)F)CCNC1. The van der Waals surface area contributed by atoms with Crippen molar-refractivity contribution in [2.24, 2.45) is 5.41 Å². The maximum absolute atomic E-state index is 13.4. The highest BCUT2D eigenvalue weighted by Crippen LogP contribution is 2.44. The third kappa shape index (κ3) is 3.09. The number of hydrogen-bond acceptors (Lipinski definition) is 3. The Hall–Kier alpha value is -0.820. The molecule has 0 aromatic heterocycles. The third-order valence-corrected chi connectivity index (χ3v) is 4.09. The van der Waals surface area contributed by atoms with E-state index in [9.17, 15) is 18.0 Å². The lowest BCUT2D eigenvalue weighted by atomic mass is 9.83. The average Bonchev–Trinajstić information content (AvgIpc) is 2.88. The van der Waals surface area contributed by atoms with E-state index in [1.54, 1.807) is 0 Å². The van der Waals surface area contributed by atoms with Crippen LogP contribution in [0.15, 0.2) is 0 Å². The summed E-state index contributed by atoms with van der Waals surface area (Å²) < 4.78 is 40.2. The lowest BCUT2D eigenvalue weighted by molar-refractivity contribution is -0.223. The summed E-state index contributed by atoms with van der Waals surface area (Å²) >= 11 is 0. The molecule has 1 rings (SSSR count). The molecule has 1 fully saturated rings. The summed E-state index contributed by atoms with van der Waals surface area (Å²) in [6, 6.07) is -0.269. The smallest absolute Gasteiger partial charge is 0.395 e. The third-order valence-electron chi connectivity index (χ3n) is 4.09. The Kier molecular flexibility index (Phi) is 5.82. The molecule has 20 heavy (non-hydrogen) atoms. The normalized spacial score (nSPS) is 23.4. The summed E-state index contributed by atoms with van der Waals surface area (Å²) in [6.07, 6.45) is -3.67. The van der Waals surface area contributed by atoms with E-state index >= 15 is 0 Å². The second-order valence-electron chi connectivity index (χ2n) is 5.20. The van der Waals surface area contributed by atoms with Gasteiger partial charge < -0.3 is 15.3 Å². The van der Waals surface area contributed by atoms with Crippen LogP contribution >= 0.6 is 0 Å². The van der Waals surface area contributed by atoms with Gasteiger partial charge in [0.2, 0.25) is 5.91 Å². The number of aliphatic hydroxyl groups excluding tert-OH is 1. The van der Waals surface area contributed by atoms with Crippen molar-refractivity contribution in [2.75, 3.05) is 26.2 Å². The minimum atomic E-state index is -4.58. The van der Waals surface area contributed by atoms with Gasteiger partial charge in [-0.15, -0.1) is 0 Å². The molecule has 7 heteroatoms. The Morgan fingerprint density at radius 1 is 1.40 bits per heavy atom. The Morgan fingerprint density at radius 3 is 2.35 bits per heavy atom. The molecule has 1 atom stereocenters. The van der Waals surface area contributed by atoms with E-state index in [4.69, 9.17) is 5.11 Å². The molecule has 0 spiro atoms. The second kappa shape index (κ2) is 6.76. The summed E-state index contributed by atoms with van der Waals surface area (Å²) in [5, 5.41) is 11.7. The zero-order chi connectivity index (χ0) is 15.4. The molecule has 0 radical (unpaired) electrons. The molecule has 1 aliphatic heterocycles. The van der Waals surface area contributed by atoms with Gasteiger partial charge in [0.15, 0.2) is 5.41 Å². The number of alkyl halides is 3. The van der Waals surface area contributed by atoms with Gasteiger partial charge in [-0.25, -0.2) is 0 Å². The Morgan fingerprint density at radius 2 is 2.00 bits per heavy atom. The standard InChI is InChI=1S/C13H23F3N2O2/c1-3-10(4-2)18(7-8-19)11(20)12(13(14,15)16)5-6-17-9-12/h10,17,19H,3-9H2,1-2H3. The van der Waals surface area contributed by atoms with Crippen molar-refractivity contribution in [1.82, 2.24) is 10.2 Å². The van der Waals surface area contributed by atoms with Crippen LogP contribution in [0.5, 0.6) is 0 Å². The van der Waals surface area contributed by atoms with Gasteiger partial charge in [-0.3, -0.25) is 4.79 Å². The minimum Gasteiger partial charge on any atom is -0.395 e. The van der Waals surface area contributed by atoms with E-state index in [1.165, 1.54) is 4.90 Å². The number of rotatable bonds is 6. The predicted molar refractivity (Wildman–Crippen MR) is 69.1 cm³/mol. The fourth-order valence-electron chi connectivity index (χ4n) is 2.80. The van der Waals surface area contributed by atoms with Crippen LogP contribution in [-0.4, -0.2) is 54.4 Å². The topological polar surface area (TPSA) is 52.6 Å². The van der Waals surface area contributed by atoms with Crippen LogP contribution in [0.4, 0.5) is 13.2 Å². The molecule has 118 valence electrons. The predicted octanol–water partition coefficient (Wildman–Crippen LogP) is 1.54. The fraction of sp³-hybridized carbons (Fsp3) is 0.923. The largest absolute Gasteiger partial charge is 0.404 e. The molecule has 1 amide bonds. The Balaban J connectivity index is 3.08. The molecule has 1 heterocycles. The van der Waals surface area contributed by atoms with Gasteiger partial charge in [0, 0.05) is 19.1 Å². The quantitative estimate of drug-likeness (QED) is 0.782. The van der Waals surface area contributed by atoms with Crippen molar-refractivity contribution in [3.63, 3.8) is 0 Å². The van der Waals surface area contributed by atoms with E-state index in [2.05, 4.69) is 5.32 Å². The Labute approximate surface area is 117 Å². The zero-order valence-corrected chi connectivity index (χ0v) is 12.0. The number of hydrogen-bond donors (Lipinski definition) is 2. The van der Waals surface area contributed by atoms with Gasteiger partial charge in [-0.1, -0.05) is 13.8 Å². The molecule has 4 nitrogen and oxygen atoms in total.